The van der Waals surface area contributed by atoms with E-state index in [9.17, 15) is 9.90 Å². The van der Waals surface area contributed by atoms with Crippen LogP contribution >= 0.6 is 0 Å². The second-order valence-corrected chi connectivity index (χ2v) is 5.39. The largest absolute Gasteiger partial charge is 0.507 e. The number of anilines is 1. The van der Waals surface area contributed by atoms with Crippen LogP contribution in [0.2, 0.25) is 0 Å². The summed E-state index contributed by atoms with van der Waals surface area (Å²) in [6.07, 6.45) is 0. The lowest BCUT2D eigenvalue weighted by Crippen LogP contribution is -2.13. The first-order chi connectivity index (χ1) is 10.6. The number of fused-ring (bicyclic) bond motifs is 1. The number of carbonyl (C=O) groups excluding carboxylic acids is 1. The van der Waals surface area contributed by atoms with Crippen molar-refractivity contribution in [3.8, 4) is 5.75 Å². The van der Waals surface area contributed by atoms with Crippen molar-refractivity contribution in [1.82, 2.24) is 0 Å². The van der Waals surface area contributed by atoms with Crippen LogP contribution < -0.4 is 5.32 Å². The molecule has 0 aliphatic rings. The Bertz CT molecular complexity index is 868. The van der Waals surface area contributed by atoms with E-state index in [1.807, 2.05) is 62.4 Å². The molecule has 0 aromatic heterocycles. The highest BCUT2D eigenvalue weighted by atomic mass is 16.3. The molecule has 0 spiro atoms. The van der Waals surface area contributed by atoms with Crippen LogP contribution in [0.5, 0.6) is 5.75 Å². The zero-order valence-corrected chi connectivity index (χ0v) is 12.6. The number of aromatic hydroxyl groups is 1. The number of phenolic OH excluding ortho intramolecular Hbond substituents is 1. The second-order valence-electron chi connectivity index (χ2n) is 5.39. The van der Waals surface area contributed by atoms with Gasteiger partial charge < -0.3 is 10.4 Å². The van der Waals surface area contributed by atoms with Crippen molar-refractivity contribution in [1.29, 1.82) is 0 Å². The molecule has 3 rings (SSSR count). The molecule has 0 fully saturated rings. The van der Waals surface area contributed by atoms with Crippen LogP contribution in [0.4, 0.5) is 5.69 Å². The molecule has 110 valence electrons. The van der Waals surface area contributed by atoms with Crippen LogP contribution in [-0.2, 0) is 0 Å². The Hall–Kier alpha value is -2.81. The van der Waals surface area contributed by atoms with Gasteiger partial charge in [0.15, 0.2) is 0 Å². The highest BCUT2D eigenvalue weighted by Crippen LogP contribution is 2.31. The average molecular weight is 291 g/mol. The molecule has 3 aromatic rings. The van der Waals surface area contributed by atoms with Crippen LogP contribution in [-0.4, -0.2) is 11.0 Å². The van der Waals surface area contributed by atoms with E-state index >= 15 is 0 Å². The number of rotatable bonds is 2. The number of hydrogen-bond acceptors (Lipinski definition) is 2. The molecule has 0 bridgehead atoms. The lowest BCUT2D eigenvalue weighted by Gasteiger charge is -2.12. The van der Waals surface area contributed by atoms with Gasteiger partial charge in [0.25, 0.3) is 5.91 Å². The molecule has 2 N–H and O–H groups in total. The molecule has 1 amide bonds. The maximum atomic E-state index is 12.5. The summed E-state index contributed by atoms with van der Waals surface area (Å²) in [5.74, 6) is -0.273. The van der Waals surface area contributed by atoms with Crippen molar-refractivity contribution in [3.63, 3.8) is 0 Å². The first-order valence-corrected chi connectivity index (χ1v) is 7.16. The highest BCUT2D eigenvalue weighted by molar-refractivity contribution is 6.09. The first-order valence-electron chi connectivity index (χ1n) is 7.16. The van der Waals surface area contributed by atoms with Crippen molar-refractivity contribution in [3.05, 3.63) is 71.3 Å². The zero-order chi connectivity index (χ0) is 15.7. The Morgan fingerprint density at radius 3 is 2.45 bits per heavy atom. The first kappa shape index (κ1) is 14.1. The minimum absolute atomic E-state index is 0.0322. The summed E-state index contributed by atoms with van der Waals surface area (Å²) >= 11 is 0. The summed E-state index contributed by atoms with van der Waals surface area (Å²) in [4.78, 5) is 12.5. The van der Waals surface area contributed by atoms with Gasteiger partial charge in [-0.05, 0) is 47.9 Å². The Balaban J connectivity index is 2.04. The van der Waals surface area contributed by atoms with Gasteiger partial charge in [0.2, 0.25) is 0 Å². The SMILES string of the molecule is Cc1ccccc1NC(=O)c1cc2ccccc2c(C)c1O. The minimum Gasteiger partial charge on any atom is -0.507 e. The molecule has 3 aromatic carbocycles. The Morgan fingerprint density at radius 2 is 1.68 bits per heavy atom. The fourth-order valence-electron chi connectivity index (χ4n) is 2.59. The summed E-state index contributed by atoms with van der Waals surface area (Å²) in [6, 6.07) is 17.0. The van der Waals surface area contributed by atoms with Gasteiger partial charge in [0.1, 0.15) is 5.75 Å². The molecule has 0 radical (unpaired) electrons. The third kappa shape index (κ3) is 2.42. The lowest BCUT2D eigenvalue weighted by molar-refractivity contribution is 0.102. The van der Waals surface area contributed by atoms with E-state index < -0.39 is 0 Å². The quantitative estimate of drug-likeness (QED) is 0.734. The number of carbonyl (C=O) groups is 1. The molecule has 22 heavy (non-hydrogen) atoms. The van der Waals surface area contributed by atoms with Gasteiger partial charge in [-0.25, -0.2) is 0 Å². The number of phenols is 1. The molecule has 0 aliphatic heterocycles. The van der Waals surface area contributed by atoms with Crippen molar-refractivity contribution in [2.75, 3.05) is 5.32 Å². The predicted octanol–water partition coefficient (Wildman–Crippen LogP) is 4.41. The standard InChI is InChI=1S/C19H17NO2/c1-12-7-3-6-10-17(12)20-19(22)16-11-14-8-4-5-9-15(14)13(2)18(16)21/h3-11,21H,1-2H3,(H,20,22). The zero-order valence-electron chi connectivity index (χ0n) is 12.6. The highest BCUT2D eigenvalue weighted by Gasteiger charge is 2.16. The number of nitrogens with one attached hydrogen (secondary N) is 1. The second kappa shape index (κ2) is 5.53. The van der Waals surface area contributed by atoms with Gasteiger partial charge in [-0.3, -0.25) is 4.79 Å². The fourth-order valence-corrected chi connectivity index (χ4v) is 2.59. The van der Waals surface area contributed by atoms with Crippen LogP contribution in [0.15, 0.2) is 54.6 Å². The molecule has 0 heterocycles. The van der Waals surface area contributed by atoms with Crippen molar-refractivity contribution in [2.24, 2.45) is 0 Å². The number of para-hydroxylation sites is 1. The van der Waals surface area contributed by atoms with E-state index in [0.717, 1.165) is 22.0 Å². The van der Waals surface area contributed by atoms with E-state index in [-0.39, 0.29) is 11.7 Å². The third-order valence-electron chi connectivity index (χ3n) is 3.91. The summed E-state index contributed by atoms with van der Waals surface area (Å²) in [5, 5.41) is 15.1. The van der Waals surface area contributed by atoms with Crippen LogP contribution in [0.1, 0.15) is 21.5 Å². The fraction of sp³-hybridized carbons (Fsp3) is 0.105. The Morgan fingerprint density at radius 1 is 1.00 bits per heavy atom. The molecular weight excluding hydrogens is 274 g/mol. The maximum Gasteiger partial charge on any atom is 0.259 e. The van der Waals surface area contributed by atoms with Gasteiger partial charge >= 0.3 is 0 Å². The lowest BCUT2D eigenvalue weighted by atomic mass is 9.99. The molecule has 3 nitrogen and oxygen atoms in total. The predicted molar refractivity (Wildman–Crippen MR) is 89.5 cm³/mol. The molecule has 0 saturated heterocycles. The topological polar surface area (TPSA) is 49.3 Å². The summed E-state index contributed by atoms with van der Waals surface area (Å²) in [7, 11) is 0. The molecular formula is C19H17NO2. The van der Waals surface area contributed by atoms with Gasteiger partial charge in [0.05, 0.1) is 5.56 Å². The number of hydrogen-bond donors (Lipinski definition) is 2. The van der Waals surface area contributed by atoms with Gasteiger partial charge in [-0.1, -0.05) is 42.5 Å². The summed E-state index contributed by atoms with van der Waals surface area (Å²) < 4.78 is 0. The summed E-state index contributed by atoms with van der Waals surface area (Å²) in [5.41, 5.74) is 2.73. The Labute approximate surface area is 129 Å². The van der Waals surface area contributed by atoms with Crippen molar-refractivity contribution in [2.45, 2.75) is 13.8 Å². The molecule has 0 unspecified atom stereocenters. The maximum absolute atomic E-state index is 12.5. The van der Waals surface area contributed by atoms with Gasteiger partial charge in [0, 0.05) is 5.69 Å². The van der Waals surface area contributed by atoms with Crippen LogP contribution in [0, 0.1) is 13.8 Å². The smallest absolute Gasteiger partial charge is 0.259 e. The summed E-state index contributed by atoms with van der Waals surface area (Å²) in [6.45, 7) is 3.75. The normalized spacial score (nSPS) is 10.6. The Kier molecular flexibility index (Phi) is 3.55. The van der Waals surface area contributed by atoms with E-state index in [0.29, 0.717) is 11.1 Å². The van der Waals surface area contributed by atoms with Gasteiger partial charge in [-0.15, -0.1) is 0 Å². The van der Waals surface area contributed by atoms with Gasteiger partial charge in [-0.2, -0.15) is 0 Å². The van der Waals surface area contributed by atoms with E-state index in [1.165, 1.54) is 0 Å². The molecule has 0 saturated carbocycles. The van der Waals surface area contributed by atoms with Crippen molar-refractivity contribution >= 4 is 22.4 Å². The van der Waals surface area contributed by atoms with E-state index in [2.05, 4.69) is 5.32 Å². The monoisotopic (exact) mass is 291 g/mol. The molecule has 0 atom stereocenters. The number of aryl methyl sites for hydroxylation is 2. The van der Waals surface area contributed by atoms with E-state index in [4.69, 9.17) is 0 Å². The minimum atomic E-state index is -0.305. The average Bonchev–Trinajstić information content (AvgIpc) is 2.53. The molecule has 3 heteroatoms. The number of benzene rings is 3. The van der Waals surface area contributed by atoms with Crippen LogP contribution in [0.25, 0.3) is 10.8 Å². The number of amides is 1. The van der Waals surface area contributed by atoms with Crippen molar-refractivity contribution < 1.29 is 9.90 Å². The van der Waals surface area contributed by atoms with Crippen LogP contribution in [0.3, 0.4) is 0 Å². The van der Waals surface area contributed by atoms with E-state index in [1.54, 1.807) is 6.07 Å². The third-order valence-corrected chi connectivity index (χ3v) is 3.91. The molecule has 0 aliphatic carbocycles.